The van der Waals surface area contributed by atoms with E-state index in [0.717, 1.165) is 23.9 Å². The summed E-state index contributed by atoms with van der Waals surface area (Å²) in [4.78, 5) is 38.6. The zero-order chi connectivity index (χ0) is 18.2. The Morgan fingerprint density at radius 2 is 1.88 bits per heavy atom. The first-order chi connectivity index (χ1) is 11.8. The SMILES string of the molecule is O=C(Cc1ccc(C(F)(F)F)cc1)N1CCC(N2C(=O)CSC2=O)C1. The highest BCUT2D eigenvalue weighted by Crippen LogP contribution is 2.29. The molecule has 0 N–H and O–H groups in total. The van der Waals surface area contributed by atoms with E-state index in [1.54, 1.807) is 4.90 Å². The first-order valence-electron chi connectivity index (χ1n) is 7.68. The van der Waals surface area contributed by atoms with Crippen LogP contribution >= 0.6 is 11.8 Å². The minimum Gasteiger partial charge on any atom is -0.340 e. The van der Waals surface area contributed by atoms with Gasteiger partial charge in [-0.2, -0.15) is 13.2 Å². The Hall–Kier alpha value is -2.03. The molecule has 2 aliphatic rings. The maximum atomic E-state index is 12.5. The fourth-order valence-corrected chi connectivity index (χ4v) is 3.77. The summed E-state index contributed by atoms with van der Waals surface area (Å²) >= 11 is 0.958. The maximum absolute atomic E-state index is 12.5. The number of likely N-dealkylation sites (tertiary alicyclic amines) is 1. The smallest absolute Gasteiger partial charge is 0.340 e. The zero-order valence-electron chi connectivity index (χ0n) is 13.1. The van der Waals surface area contributed by atoms with Crippen molar-refractivity contribution in [2.24, 2.45) is 0 Å². The van der Waals surface area contributed by atoms with Crippen molar-refractivity contribution in [3.05, 3.63) is 35.4 Å². The predicted octanol–water partition coefficient (Wildman–Crippen LogP) is 2.54. The lowest BCUT2D eigenvalue weighted by atomic mass is 10.1. The summed E-state index contributed by atoms with van der Waals surface area (Å²) in [6, 6.07) is 4.17. The molecule has 2 fully saturated rings. The van der Waals surface area contributed by atoms with Gasteiger partial charge in [-0.1, -0.05) is 23.9 Å². The van der Waals surface area contributed by atoms with Crippen LogP contribution in [0.25, 0.3) is 0 Å². The van der Waals surface area contributed by atoms with Crippen LogP contribution in [0.4, 0.5) is 18.0 Å². The molecule has 134 valence electrons. The number of carbonyl (C=O) groups excluding carboxylic acids is 3. The van der Waals surface area contributed by atoms with Crippen molar-refractivity contribution in [2.45, 2.75) is 25.1 Å². The van der Waals surface area contributed by atoms with Crippen molar-refractivity contribution in [3.63, 3.8) is 0 Å². The Kier molecular flexibility index (Phi) is 4.77. The molecule has 2 heterocycles. The lowest BCUT2D eigenvalue weighted by Crippen LogP contribution is -2.41. The molecule has 1 aromatic carbocycles. The molecular formula is C16H15F3N2O3S. The van der Waals surface area contributed by atoms with Crippen molar-refractivity contribution in [3.8, 4) is 0 Å². The first kappa shape index (κ1) is 17.8. The number of thioether (sulfide) groups is 1. The molecule has 2 saturated heterocycles. The average molecular weight is 372 g/mol. The number of halogens is 3. The number of alkyl halides is 3. The fraction of sp³-hybridized carbons (Fsp3) is 0.438. The number of imide groups is 1. The molecule has 1 atom stereocenters. The van der Waals surface area contributed by atoms with Crippen LogP contribution in [0.5, 0.6) is 0 Å². The van der Waals surface area contributed by atoms with Gasteiger partial charge in [-0.15, -0.1) is 0 Å². The van der Waals surface area contributed by atoms with Gasteiger partial charge in [-0.25, -0.2) is 0 Å². The van der Waals surface area contributed by atoms with Gasteiger partial charge in [-0.05, 0) is 24.1 Å². The van der Waals surface area contributed by atoms with Crippen molar-refractivity contribution < 1.29 is 27.6 Å². The van der Waals surface area contributed by atoms with Crippen LogP contribution in [0.3, 0.4) is 0 Å². The van der Waals surface area contributed by atoms with E-state index in [2.05, 4.69) is 0 Å². The van der Waals surface area contributed by atoms with E-state index in [0.29, 0.717) is 18.5 Å². The van der Waals surface area contributed by atoms with Gasteiger partial charge in [0.1, 0.15) is 0 Å². The number of hydrogen-bond donors (Lipinski definition) is 0. The van der Waals surface area contributed by atoms with E-state index >= 15 is 0 Å². The van der Waals surface area contributed by atoms with Gasteiger partial charge in [0.25, 0.3) is 5.24 Å². The zero-order valence-corrected chi connectivity index (χ0v) is 13.9. The highest BCUT2D eigenvalue weighted by Gasteiger charge is 2.40. The Morgan fingerprint density at radius 3 is 2.44 bits per heavy atom. The number of carbonyl (C=O) groups is 3. The normalized spacial score (nSPS) is 21.3. The Morgan fingerprint density at radius 1 is 1.20 bits per heavy atom. The van der Waals surface area contributed by atoms with Crippen LogP contribution in [-0.4, -0.2) is 51.7 Å². The second-order valence-electron chi connectivity index (χ2n) is 5.97. The van der Waals surface area contributed by atoms with E-state index in [1.807, 2.05) is 0 Å². The van der Waals surface area contributed by atoms with Crippen LogP contribution in [0.1, 0.15) is 17.5 Å². The average Bonchev–Trinajstić information content (AvgIpc) is 3.14. The summed E-state index contributed by atoms with van der Waals surface area (Å²) < 4.78 is 37.6. The molecule has 0 aromatic heterocycles. The van der Waals surface area contributed by atoms with E-state index in [9.17, 15) is 27.6 Å². The van der Waals surface area contributed by atoms with Crippen LogP contribution in [0.2, 0.25) is 0 Å². The third-order valence-electron chi connectivity index (χ3n) is 4.30. The summed E-state index contributed by atoms with van der Waals surface area (Å²) in [7, 11) is 0. The van der Waals surface area contributed by atoms with E-state index in [-0.39, 0.29) is 41.8 Å². The van der Waals surface area contributed by atoms with Gasteiger partial charge >= 0.3 is 6.18 Å². The molecule has 1 aromatic rings. The summed E-state index contributed by atoms with van der Waals surface area (Å²) in [5.74, 6) is -0.333. The van der Waals surface area contributed by atoms with Crippen LogP contribution < -0.4 is 0 Å². The second kappa shape index (κ2) is 6.70. The molecule has 2 aliphatic heterocycles. The molecule has 0 saturated carbocycles. The third-order valence-corrected chi connectivity index (χ3v) is 5.14. The van der Waals surface area contributed by atoms with Gasteiger partial charge in [0.2, 0.25) is 11.8 Å². The highest BCUT2D eigenvalue weighted by molar-refractivity contribution is 8.14. The Labute approximate surface area is 146 Å². The number of amides is 3. The lowest BCUT2D eigenvalue weighted by molar-refractivity contribution is -0.137. The minimum absolute atomic E-state index is 0.0124. The largest absolute Gasteiger partial charge is 0.416 e. The second-order valence-corrected chi connectivity index (χ2v) is 6.90. The van der Waals surface area contributed by atoms with Gasteiger partial charge in [0, 0.05) is 13.1 Å². The van der Waals surface area contributed by atoms with Crippen molar-refractivity contribution in [1.82, 2.24) is 9.80 Å². The molecule has 25 heavy (non-hydrogen) atoms. The van der Waals surface area contributed by atoms with Crippen LogP contribution in [-0.2, 0) is 22.2 Å². The number of benzene rings is 1. The maximum Gasteiger partial charge on any atom is 0.416 e. The molecule has 0 bridgehead atoms. The lowest BCUT2D eigenvalue weighted by Gasteiger charge is -2.22. The molecule has 9 heteroatoms. The van der Waals surface area contributed by atoms with Crippen molar-refractivity contribution >= 4 is 28.8 Å². The quantitative estimate of drug-likeness (QED) is 0.818. The summed E-state index contributed by atoms with van der Waals surface area (Å²) in [5, 5.41) is -0.285. The molecule has 1 unspecified atom stereocenters. The van der Waals surface area contributed by atoms with Gasteiger partial charge in [-0.3, -0.25) is 19.3 Å². The Bertz CT molecular complexity index is 690. The molecule has 0 radical (unpaired) electrons. The van der Waals surface area contributed by atoms with Crippen molar-refractivity contribution in [2.75, 3.05) is 18.8 Å². The highest BCUT2D eigenvalue weighted by atomic mass is 32.2. The fourth-order valence-electron chi connectivity index (χ4n) is 2.99. The van der Waals surface area contributed by atoms with Gasteiger partial charge in [0.15, 0.2) is 0 Å². The monoisotopic (exact) mass is 372 g/mol. The molecule has 3 amide bonds. The standard InChI is InChI=1S/C16H15F3N2O3S/c17-16(18,19)11-3-1-10(2-4-11)7-13(22)20-6-5-12(8-20)21-14(23)9-25-15(21)24/h1-4,12H,5-9H2. The minimum atomic E-state index is -4.41. The van der Waals surface area contributed by atoms with Gasteiger partial charge in [0.05, 0.1) is 23.8 Å². The molecule has 0 spiro atoms. The van der Waals surface area contributed by atoms with E-state index in [4.69, 9.17) is 0 Å². The molecule has 3 rings (SSSR count). The molecular weight excluding hydrogens is 357 g/mol. The Balaban J connectivity index is 1.59. The van der Waals surface area contributed by atoms with E-state index in [1.165, 1.54) is 17.0 Å². The van der Waals surface area contributed by atoms with Gasteiger partial charge < -0.3 is 4.90 Å². The van der Waals surface area contributed by atoms with Crippen molar-refractivity contribution in [1.29, 1.82) is 0 Å². The third kappa shape index (κ3) is 3.81. The number of rotatable bonds is 3. The van der Waals surface area contributed by atoms with Crippen LogP contribution in [0, 0.1) is 0 Å². The van der Waals surface area contributed by atoms with Crippen LogP contribution in [0.15, 0.2) is 24.3 Å². The summed E-state index contributed by atoms with van der Waals surface area (Å²) in [5.41, 5.74) is -0.265. The summed E-state index contributed by atoms with van der Waals surface area (Å²) in [6.07, 6.45) is -3.89. The number of nitrogens with zero attached hydrogens (tertiary/aromatic N) is 2. The van der Waals surface area contributed by atoms with E-state index < -0.39 is 11.7 Å². The molecule has 0 aliphatic carbocycles. The first-order valence-corrected chi connectivity index (χ1v) is 8.67. The molecule has 5 nitrogen and oxygen atoms in total. The predicted molar refractivity (Wildman–Crippen MR) is 84.8 cm³/mol. The summed E-state index contributed by atoms with van der Waals surface area (Å²) in [6.45, 7) is 0.698. The topological polar surface area (TPSA) is 57.7 Å². The number of hydrogen-bond acceptors (Lipinski definition) is 4.